The Hall–Kier alpha value is -3.23. The summed E-state index contributed by atoms with van der Waals surface area (Å²) in [7, 11) is -5.50. The second kappa shape index (κ2) is 58.9. The van der Waals surface area contributed by atoms with Crippen LogP contribution in [0.1, 0.15) is 350 Å². The van der Waals surface area contributed by atoms with E-state index in [1.807, 2.05) is 0 Å². The van der Waals surface area contributed by atoms with Gasteiger partial charge >= 0.3 is 31.7 Å². The molecule has 0 aromatic heterocycles. The van der Waals surface area contributed by atoms with E-state index in [-0.39, 0.29) is 38.1 Å². The van der Waals surface area contributed by atoms with Gasteiger partial charge in [0.1, 0.15) is 36.6 Å². The van der Waals surface area contributed by atoms with Gasteiger partial charge in [-0.25, -0.2) is 4.57 Å². The molecule has 20 nitrogen and oxygen atoms in total. The molecule has 21 heteroatoms. The molecule has 0 aromatic carbocycles. The lowest BCUT2D eigenvalue weighted by atomic mass is 9.95. The van der Waals surface area contributed by atoms with E-state index >= 15 is 0 Å². The molecule has 1 aliphatic heterocycles. The van der Waals surface area contributed by atoms with Crippen LogP contribution in [0.2, 0.25) is 0 Å². The maximum atomic E-state index is 14.7. The monoisotopic (exact) mass is 1350 g/mol. The molecule has 1 fully saturated rings. The lowest BCUT2D eigenvalue weighted by Gasteiger charge is -2.45. The Morgan fingerprint density at radius 1 is 0.430 bits per heavy atom. The molecule has 93 heavy (non-hydrogen) atoms. The van der Waals surface area contributed by atoms with Crippen LogP contribution in [-0.4, -0.2) is 131 Å². The quantitative estimate of drug-likeness (QED) is 0.0143. The molecule has 0 bridgehead atoms. The predicted octanol–water partition coefficient (Wildman–Crippen LogP) is 15.7. The first-order chi connectivity index (χ1) is 45.0. The van der Waals surface area contributed by atoms with Crippen LogP contribution in [0, 0.1) is 0 Å². The molecule has 0 radical (unpaired) electrons. The van der Waals surface area contributed by atoms with E-state index < -0.39 is 119 Å². The SMILES string of the molecule is CCCCCCCCCCC[C@H](CC(=O)N[C@@H](CO)CO[C@@H]1O[C@H](CO)[C@@H](OP(=O)(O)O)[C@H](OC(=O)C[C@@H](CCCCCCCCCCC)OC(=O)CCCCCC)[C@H]1NC(=O)C[C@@H](CCCCCCCCCCC)OC(=O)CCCCCC)OC(=O)CCCCCC. The molecule has 0 unspecified atom stereocenters. The van der Waals surface area contributed by atoms with Crippen molar-refractivity contribution in [1.29, 1.82) is 0 Å². The van der Waals surface area contributed by atoms with Gasteiger partial charge in [-0.05, 0) is 57.8 Å². The van der Waals surface area contributed by atoms with E-state index in [1.165, 1.54) is 51.4 Å². The summed E-state index contributed by atoms with van der Waals surface area (Å²) in [4.78, 5) is 104. The van der Waals surface area contributed by atoms with Crippen molar-refractivity contribution >= 4 is 43.5 Å². The number of phosphoric acid groups is 1. The number of amides is 2. The van der Waals surface area contributed by atoms with Gasteiger partial charge in [-0.1, -0.05) is 253 Å². The van der Waals surface area contributed by atoms with Crippen molar-refractivity contribution in [2.75, 3.05) is 19.8 Å². The number of rotatable bonds is 64. The summed E-state index contributed by atoms with van der Waals surface area (Å²) in [5.41, 5.74) is 0. The van der Waals surface area contributed by atoms with E-state index in [4.69, 9.17) is 32.9 Å². The Balaban J connectivity index is 3.75. The lowest BCUT2D eigenvalue weighted by molar-refractivity contribution is -0.272. The Morgan fingerprint density at radius 3 is 1.11 bits per heavy atom. The molecule has 6 N–H and O–H groups in total. The summed E-state index contributed by atoms with van der Waals surface area (Å²) in [6.45, 7) is 10.7. The van der Waals surface area contributed by atoms with Gasteiger partial charge in [-0.2, -0.15) is 0 Å². The average molecular weight is 1350 g/mol. The normalized spacial score (nSPS) is 17.9. The molecular formula is C72H135N2O18P. The van der Waals surface area contributed by atoms with Crippen LogP contribution in [-0.2, 0) is 66.3 Å². The molecule has 0 saturated carbocycles. The fraction of sp³-hybridized carbons (Fsp3) is 0.917. The zero-order valence-corrected chi connectivity index (χ0v) is 60.1. The van der Waals surface area contributed by atoms with Crippen molar-refractivity contribution in [3.8, 4) is 0 Å². The van der Waals surface area contributed by atoms with Crippen LogP contribution in [0.4, 0.5) is 0 Å². The van der Waals surface area contributed by atoms with Gasteiger partial charge in [0.05, 0.1) is 45.1 Å². The third-order valence-corrected chi connectivity index (χ3v) is 18.0. The molecule has 1 rings (SSSR count). The minimum Gasteiger partial charge on any atom is -0.462 e. The molecule has 1 heterocycles. The molecule has 9 atom stereocenters. The van der Waals surface area contributed by atoms with Gasteiger partial charge in [0.15, 0.2) is 12.4 Å². The molecule has 1 aliphatic rings. The van der Waals surface area contributed by atoms with Crippen LogP contribution >= 0.6 is 7.82 Å². The standard InChI is InChI=1S/C72H135N2O18P/c1-7-13-19-25-28-31-34-37-40-46-59(87-65(79)49-43-22-16-10-4)52-63(77)73-58(55-75)57-86-72-69(74-64(78)53-60(88-66(80)50-44-23-17-11-5)47-41-38-35-32-29-26-20-14-8-2)71(70(62(56-76)90-72)92-93(83,84)85)91-68(82)54-61(89-67(81)51-45-24-18-12-6)48-42-39-36-33-30-27-21-15-9-3/h58-62,69-72,75-76H,7-57H2,1-6H3,(H,73,77)(H,74,78)(H2,83,84,85)/t58-,59+,60+,61+,62+,69+,70+,71+,72+/m0/s1. The Kier molecular flexibility index (Phi) is 55.6. The molecule has 0 aromatic rings. The van der Waals surface area contributed by atoms with Crippen molar-refractivity contribution in [3.63, 3.8) is 0 Å². The summed E-state index contributed by atoms with van der Waals surface area (Å²) in [6, 6.07) is -2.80. The number of carbonyl (C=O) groups is 6. The van der Waals surface area contributed by atoms with E-state index in [1.54, 1.807) is 0 Å². The van der Waals surface area contributed by atoms with E-state index in [2.05, 4.69) is 52.2 Å². The lowest BCUT2D eigenvalue weighted by Crippen LogP contribution is -2.66. The van der Waals surface area contributed by atoms with E-state index in [0.29, 0.717) is 51.4 Å². The predicted molar refractivity (Wildman–Crippen MR) is 365 cm³/mol. The number of nitrogens with one attached hydrogen (secondary N) is 2. The Bertz CT molecular complexity index is 1930. The minimum atomic E-state index is -5.50. The zero-order chi connectivity index (χ0) is 68.6. The van der Waals surface area contributed by atoms with Crippen molar-refractivity contribution in [2.45, 2.75) is 405 Å². The first-order valence-electron chi connectivity index (χ1n) is 37.6. The van der Waals surface area contributed by atoms with Crippen LogP contribution in [0.5, 0.6) is 0 Å². The first-order valence-corrected chi connectivity index (χ1v) is 39.1. The Labute approximate surface area is 562 Å². The third-order valence-electron chi connectivity index (χ3n) is 17.4. The summed E-state index contributed by atoms with van der Waals surface area (Å²) < 4.78 is 54.7. The van der Waals surface area contributed by atoms with Crippen LogP contribution < -0.4 is 10.6 Å². The number of aliphatic hydroxyl groups excluding tert-OH is 2. The summed E-state index contributed by atoms with van der Waals surface area (Å²) in [5, 5.41) is 27.2. The maximum absolute atomic E-state index is 14.7. The zero-order valence-electron chi connectivity index (χ0n) is 59.2. The number of unbranched alkanes of at least 4 members (excludes halogenated alkanes) is 33. The molecule has 1 saturated heterocycles. The van der Waals surface area contributed by atoms with Crippen molar-refractivity contribution < 1.29 is 86.3 Å². The van der Waals surface area contributed by atoms with Crippen LogP contribution in [0.15, 0.2) is 0 Å². The van der Waals surface area contributed by atoms with E-state index in [9.17, 15) is 53.3 Å². The highest BCUT2D eigenvalue weighted by molar-refractivity contribution is 7.46. The number of hydrogen-bond donors (Lipinski definition) is 6. The van der Waals surface area contributed by atoms with Crippen molar-refractivity contribution in [3.05, 3.63) is 0 Å². The highest BCUT2D eigenvalue weighted by Gasteiger charge is 2.52. The smallest absolute Gasteiger partial charge is 0.462 e. The van der Waals surface area contributed by atoms with Gasteiger partial charge in [0.2, 0.25) is 11.8 Å². The fourth-order valence-electron chi connectivity index (χ4n) is 11.9. The van der Waals surface area contributed by atoms with Gasteiger partial charge in [-0.3, -0.25) is 33.3 Å². The molecular weight excluding hydrogens is 1210 g/mol. The molecule has 0 aliphatic carbocycles. The fourth-order valence-corrected chi connectivity index (χ4v) is 12.5. The highest BCUT2D eigenvalue weighted by Crippen LogP contribution is 2.42. The summed E-state index contributed by atoms with van der Waals surface area (Å²) >= 11 is 0. The van der Waals surface area contributed by atoms with Gasteiger partial charge in [0.25, 0.3) is 0 Å². The largest absolute Gasteiger partial charge is 0.470 e. The number of hydrogen-bond acceptors (Lipinski definition) is 16. The van der Waals surface area contributed by atoms with Crippen LogP contribution in [0.3, 0.4) is 0 Å². The van der Waals surface area contributed by atoms with Crippen molar-refractivity contribution in [1.82, 2.24) is 10.6 Å². The number of esters is 4. The first kappa shape index (κ1) is 87.8. The number of aliphatic hydroxyl groups is 2. The third kappa shape index (κ3) is 48.2. The minimum absolute atomic E-state index is 0.142. The van der Waals surface area contributed by atoms with E-state index in [0.717, 1.165) is 167 Å². The summed E-state index contributed by atoms with van der Waals surface area (Å²) in [6.07, 6.45) is 29.5. The number of ether oxygens (including phenoxy) is 6. The molecule has 0 spiro atoms. The Morgan fingerprint density at radius 2 is 0.763 bits per heavy atom. The molecule has 2 amide bonds. The number of phosphoric ester groups is 1. The van der Waals surface area contributed by atoms with Gasteiger partial charge < -0.3 is 59.1 Å². The van der Waals surface area contributed by atoms with Gasteiger partial charge in [0, 0.05) is 19.3 Å². The highest BCUT2D eigenvalue weighted by atomic mass is 31.2. The molecule has 546 valence electrons. The van der Waals surface area contributed by atoms with Crippen LogP contribution in [0.25, 0.3) is 0 Å². The second-order valence-electron chi connectivity index (χ2n) is 26.3. The summed E-state index contributed by atoms with van der Waals surface area (Å²) in [5.74, 6) is -3.58. The number of carbonyl (C=O) groups excluding carboxylic acids is 6. The topological polar surface area (TPSA) is 289 Å². The average Bonchev–Trinajstić information content (AvgIpc) is 0.813. The van der Waals surface area contributed by atoms with Crippen molar-refractivity contribution in [2.24, 2.45) is 0 Å². The van der Waals surface area contributed by atoms with Gasteiger partial charge in [-0.15, -0.1) is 0 Å². The second-order valence-corrected chi connectivity index (χ2v) is 27.5. The maximum Gasteiger partial charge on any atom is 0.470 e.